The first-order chi connectivity index (χ1) is 8.86. The van der Waals surface area contributed by atoms with E-state index in [1.807, 2.05) is 24.3 Å². The second kappa shape index (κ2) is 4.28. The molecule has 18 heavy (non-hydrogen) atoms. The SMILES string of the molecule is COc1ccccc1Nc1ccc2nnnn2n1. The van der Waals surface area contributed by atoms with Crippen molar-refractivity contribution in [1.82, 2.24) is 25.3 Å². The number of ether oxygens (including phenoxy) is 1. The van der Waals surface area contributed by atoms with Crippen LogP contribution >= 0.6 is 0 Å². The minimum atomic E-state index is 0.598. The van der Waals surface area contributed by atoms with Gasteiger partial charge in [0.15, 0.2) is 11.5 Å². The van der Waals surface area contributed by atoms with Crippen LogP contribution in [0, 0.1) is 0 Å². The van der Waals surface area contributed by atoms with Crippen molar-refractivity contribution in [3.8, 4) is 5.75 Å². The van der Waals surface area contributed by atoms with E-state index in [0.29, 0.717) is 11.5 Å². The van der Waals surface area contributed by atoms with Crippen molar-refractivity contribution in [2.45, 2.75) is 0 Å². The number of nitrogens with zero attached hydrogens (tertiary/aromatic N) is 5. The van der Waals surface area contributed by atoms with Crippen LogP contribution < -0.4 is 10.1 Å². The Morgan fingerprint density at radius 3 is 2.94 bits per heavy atom. The Kier molecular flexibility index (Phi) is 2.49. The molecule has 0 amide bonds. The Labute approximate surface area is 102 Å². The van der Waals surface area contributed by atoms with Gasteiger partial charge < -0.3 is 10.1 Å². The molecule has 2 heterocycles. The van der Waals surface area contributed by atoms with E-state index in [0.717, 1.165) is 11.4 Å². The Morgan fingerprint density at radius 2 is 2.06 bits per heavy atom. The molecule has 90 valence electrons. The number of para-hydroxylation sites is 2. The predicted octanol–water partition coefficient (Wildman–Crippen LogP) is 1.27. The van der Waals surface area contributed by atoms with E-state index in [1.54, 1.807) is 19.2 Å². The molecule has 0 aliphatic carbocycles. The van der Waals surface area contributed by atoms with Crippen LogP contribution in [0.1, 0.15) is 0 Å². The van der Waals surface area contributed by atoms with Crippen molar-refractivity contribution < 1.29 is 4.74 Å². The van der Waals surface area contributed by atoms with Crippen LogP contribution in [0.25, 0.3) is 5.65 Å². The van der Waals surface area contributed by atoms with Crippen molar-refractivity contribution in [2.24, 2.45) is 0 Å². The average Bonchev–Trinajstić information content (AvgIpc) is 2.87. The van der Waals surface area contributed by atoms with E-state index in [1.165, 1.54) is 4.63 Å². The summed E-state index contributed by atoms with van der Waals surface area (Å²) in [4.78, 5) is 0. The molecule has 3 rings (SSSR count). The summed E-state index contributed by atoms with van der Waals surface area (Å²) in [6.07, 6.45) is 0. The van der Waals surface area contributed by atoms with Gasteiger partial charge in [0.25, 0.3) is 0 Å². The predicted molar refractivity (Wildman–Crippen MR) is 64.9 cm³/mol. The van der Waals surface area contributed by atoms with E-state index < -0.39 is 0 Å². The molecule has 0 saturated carbocycles. The molecule has 0 spiro atoms. The number of nitrogens with one attached hydrogen (secondary N) is 1. The number of hydrogen-bond acceptors (Lipinski definition) is 6. The molecular formula is C11H10N6O. The third-order valence-corrected chi connectivity index (χ3v) is 2.44. The molecule has 0 aliphatic rings. The highest BCUT2D eigenvalue weighted by Crippen LogP contribution is 2.25. The Balaban J connectivity index is 1.95. The lowest BCUT2D eigenvalue weighted by Crippen LogP contribution is -2.01. The second-order valence-electron chi connectivity index (χ2n) is 3.57. The summed E-state index contributed by atoms with van der Waals surface area (Å²) in [5.74, 6) is 1.38. The van der Waals surface area contributed by atoms with Gasteiger partial charge in [-0.25, -0.2) is 0 Å². The third-order valence-electron chi connectivity index (χ3n) is 2.44. The quantitative estimate of drug-likeness (QED) is 0.745. The van der Waals surface area contributed by atoms with Gasteiger partial charge in [-0.15, -0.1) is 14.8 Å². The lowest BCUT2D eigenvalue weighted by Gasteiger charge is -2.09. The van der Waals surface area contributed by atoms with Gasteiger partial charge in [0.1, 0.15) is 5.75 Å². The Bertz CT molecular complexity index is 680. The van der Waals surface area contributed by atoms with Crippen molar-refractivity contribution in [1.29, 1.82) is 0 Å². The fourth-order valence-electron chi connectivity index (χ4n) is 1.60. The van der Waals surface area contributed by atoms with E-state index >= 15 is 0 Å². The molecule has 0 fully saturated rings. The summed E-state index contributed by atoms with van der Waals surface area (Å²) >= 11 is 0. The first-order valence-corrected chi connectivity index (χ1v) is 5.32. The number of anilines is 2. The van der Waals surface area contributed by atoms with Gasteiger partial charge in [-0.05, 0) is 34.7 Å². The number of rotatable bonds is 3. The highest BCUT2D eigenvalue weighted by atomic mass is 16.5. The average molecular weight is 242 g/mol. The lowest BCUT2D eigenvalue weighted by atomic mass is 10.3. The van der Waals surface area contributed by atoms with Gasteiger partial charge in [-0.1, -0.05) is 12.1 Å². The molecule has 0 saturated heterocycles. The maximum atomic E-state index is 5.25. The summed E-state index contributed by atoms with van der Waals surface area (Å²) in [7, 11) is 1.62. The Morgan fingerprint density at radius 1 is 1.17 bits per heavy atom. The van der Waals surface area contributed by atoms with Gasteiger partial charge in [0.05, 0.1) is 12.8 Å². The normalized spacial score (nSPS) is 10.5. The number of methoxy groups -OCH3 is 1. The number of aromatic nitrogens is 5. The first kappa shape index (κ1) is 10.5. The molecule has 1 aromatic carbocycles. The summed E-state index contributed by atoms with van der Waals surface area (Å²) in [6, 6.07) is 11.2. The molecular weight excluding hydrogens is 232 g/mol. The van der Waals surface area contributed by atoms with Crippen molar-refractivity contribution in [3.05, 3.63) is 36.4 Å². The molecule has 7 nitrogen and oxygen atoms in total. The molecule has 0 unspecified atom stereocenters. The topological polar surface area (TPSA) is 77.2 Å². The highest BCUT2D eigenvalue weighted by Gasteiger charge is 2.04. The van der Waals surface area contributed by atoms with Crippen molar-refractivity contribution in [2.75, 3.05) is 12.4 Å². The summed E-state index contributed by atoms with van der Waals surface area (Å²) in [6.45, 7) is 0. The molecule has 3 aromatic rings. The van der Waals surface area contributed by atoms with Gasteiger partial charge in [-0.2, -0.15) is 0 Å². The smallest absolute Gasteiger partial charge is 0.200 e. The van der Waals surface area contributed by atoms with Crippen molar-refractivity contribution in [3.63, 3.8) is 0 Å². The molecule has 7 heteroatoms. The standard InChI is InChI=1S/C11H10N6O/c1-18-9-5-3-2-4-8(9)12-10-6-7-11-13-15-16-17(11)14-10/h2-7H,1H3,(H,12,14). The molecule has 2 aromatic heterocycles. The highest BCUT2D eigenvalue weighted by molar-refractivity contribution is 5.64. The van der Waals surface area contributed by atoms with E-state index in [-0.39, 0.29) is 0 Å². The zero-order chi connectivity index (χ0) is 12.4. The molecule has 0 atom stereocenters. The van der Waals surface area contributed by atoms with Crippen LogP contribution in [0.5, 0.6) is 5.75 Å². The van der Waals surface area contributed by atoms with Crippen LogP contribution in [0.3, 0.4) is 0 Å². The fraction of sp³-hybridized carbons (Fsp3) is 0.0909. The van der Waals surface area contributed by atoms with Gasteiger partial charge in [0.2, 0.25) is 0 Å². The lowest BCUT2D eigenvalue weighted by molar-refractivity contribution is 0.417. The summed E-state index contributed by atoms with van der Waals surface area (Å²) in [5, 5.41) is 18.4. The maximum Gasteiger partial charge on any atom is 0.200 e. The molecule has 0 aliphatic heterocycles. The van der Waals surface area contributed by atoms with Crippen LogP contribution in [-0.2, 0) is 0 Å². The Hall–Kier alpha value is -2.70. The largest absolute Gasteiger partial charge is 0.495 e. The summed E-state index contributed by atoms with van der Waals surface area (Å²) < 4.78 is 6.61. The zero-order valence-electron chi connectivity index (χ0n) is 9.61. The van der Waals surface area contributed by atoms with E-state index in [2.05, 4.69) is 25.9 Å². The molecule has 0 radical (unpaired) electrons. The monoisotopic (exact) mass is 242 g/mol. The summed E-state index contributed by atoms with van der Waals surface area (Å²) in [5.41, 5.74) is 1.43. The van der Waals surface area contributed by atoms with Gasteiger partial charge in [-0.3, -0.25) is 0 Å². The van der Waals surface area contributed by atoms with Gasteiger partial charge in [0, 0.05) is 0 Å². The fourth-order valence-corrected chi connectivity index (χ4v) is 1.60. The minimum Gasteiger partial charge on any atom is -0.495 e. The van der Waals surface area contributed by atoms with Crippen LogP contribution in [0.2, 0.25) is 0 Å². The minimum absolute atomic E-state index is 0.598. The maximum absolute atomic E-state index is 5.25. The first-order valence-electron chi connectivity index (χ1n) is 5.32. The molecule has 1 N–H and O–H groups in total. The number of tetrazole rings is 1. The van der Waals surface area contributed by atoms with E-state index in [4.69, 9.17) is 4.74 Å². The van der Waals surface area contributed by atoms with E-state index in [9.17, 15) is 0 Å². The van der Waals surface area contributed by atoms with Crippen LogP contribution in [0.4, 0.5) is 11.5 Å². The third kappa shape index (κ3) is 1.81. The molecule has 0 bridgehead atoms. The van der Waals surface area contributed by atoms with Gasteiger partial charge >= 0.3 is 0 Å². The zero-order valence-corrected chi connectivity index (χ0v) is 9.61. The van der Waals surface area contributed by atoms with Crippen LogP contribution in [-0.4, -0.2) is 32.4 Å². The number of fused-ring (bicyclic) bond motifs is 1. The number of benzene rings is 1. The number of hydrogen-bond donors (Lipinski definition) is 1. The van der Waals surface area contributed by atoms with Crippen molar-refractivity contribution >= 4 is 17.2 Å². The second-order valence-corrected chi connectivity index (χ2v) is 3.57. The van der Waals surface area contributed by atoms with Crippen LogP contribution in [0.15, 0.2) is 36.4 Å².